The third-order valence-corrected chi connectivity index (χ3v) is 6.56. The van der Waals surface area contributed by atoms with E-state index in [9.17, 15) is 0 Å². The zero-order valence-electron chi connectivity index (χ0n) is 12.5. The fraction of sp³-hybridized carbons (Fsp3) is 0.667. The highest BCUT2D eigenvalue weighted by Crippen LogP contribution is 2.61. The van der Waals surface area contributed by atoms with Gasteiger partial charge in [0.25, 0.3) is 0 Å². The van der Waals surface area contributed by atoms with Gasteiger partial charge in [-0.15, -0.1) is 0 Å². The van der Waals surface area contributed by atoms with Crippen molar-refractivity contribution in [1.29, 1.82) is 0 Å². The SMILES string of the molecule is CSCC1(C)CC2CC(c3ccccc3)(CC2C)C1. The quantitative estimate of drug-likeness (QED) is 0.736. The van der Waals surface area contributed by atoms with Gasteiger partial charge in [-0.2, -0.15) is 11.8 Å². The molecule has 0 saturated heterocycles. The van der Waals surface area contributed by atoms with Gasteiger partial charge in [0.05, 0.1) is 0 Å². The first-order valence-electron chi connectivity index (χ1n) is 7.61. The Morgan fingerprint density at radius 1 is 1.16 bits per heavy atom. The largest absolute Gasteiger partial charge is 0.165 e. The zero-order valence-corrected chi connectivity index (χ0v) is 13.3. The maximum absolute atomic E-state index is 2.53. The van der Waals surface area contributed by atoms with Crippen molar-refractivity contribution in [2.24, 2.45) is 17.3 Å². The van der Waals surface area contributed by atoms with E-state index >= 15 is 0 Å². The predicted molar refractivity (Wildman–Crippen MR) is 85.7 cm³/mol. The van der Waals surface area contributed by atoms with Gasteiger partial charge in [-0.25, -0.2) is 0 Å². The van der Waals surface area contributed by atoms with Crippen molar-refractivity contribution in [3.63, 3.8) is 0 Å². The maximum atomic E-state index is 2.53. The molecule has 0 amide bonds. The van der Waals surface area contributed by atoms with Gasteiger partial charge in [-0.1, -0.05) is 44.2 Å². The summed E-state index contributed by atoms with van der Waals surface area (Å²) in [6.45, 7) is 5.02. The summed E-state index contributed by atoms with van der Waals surface area (Å²) in [6.07, 6.45) is 7.95. The molecular weight excluding hydrogens is 248 g/mol. The van der Waals surface area contributed by atoms with Crippen LogP contribution in [0.15, 0.2) is 30.3 Å². The Morgan fingerprint density at radius 2 is 1.89 bits per heavy atom. The van der Waals surface area contributed by atoms with Crippen molar-refractivity contribution in [2.75, 3.05) is 12.0 Å². The topological polar surface area (TPSA) is 0 Å². The molecular formula is C18H26S. The van der Waals surface area contributed by atoms with E-state index in [1.54, 1.807) is 5.56 Å². The van der Waals surface area contributed by atoms with Crippen LogP contribution in [-0.4, -0.2) is 12.0 Å². The molecule has 0 radical (unpaired) electrons. The zero-order chi connectivity index (χ0) is 13.5. The minimum atomic E-state index is 0.480. The van der Waals surface area contributed by atoms with E-state index in [-0.39, 0.29) is 0 Å². The van der Waals surface area contributed by atoms with Crippen LogP contribution in [0.5, 0.6) is 0 Å². The number of thioether (sulfide) groups is 1. The highest BCUT2D eigenvalue weighted by atomic mass is 32.2. The molecule has 1 aromatic carbocycles. The Balaban J connectivity index is 1.96. The van der Waals surface area contributed by atoms with E-state index in [2.05, 4.69) is 50.4 Å². The molecule has 19 heavy (non-hydrogen) atoms. The maximum Gasteiger partial charge on any atom is -0.00158 e. The molecule has 1 aromatic rings. The lowest BCUT2D eigenvalue weighted by atomic mass is 9.61. The van der Waals surface area contributed by atoms with Gasteiger partial charge in [0.15, 0.2) is 0 Å². The fourth-order valence-corrected chi connectivity index (χ4v) is 6.01. The molecule has 104 valence electrons. The van der Waals surface area contributed by atoms with E-state index in [0.29, 0.717) is 10.8 Å². The molecule has 0 heterocycles. The van der Waals surface area contributed by atoms with Crippen LogP contribution in [-0.2, 0) is 5.41 Å². The summed E-state index contributed by atoms with van der Waals surface area (Å²) < 4.78 is 0. The third kappa shape index (κ3) is 2.35. The van der Waals surface area contributed by atoms with Crippen LogP contribution >= 0.6 is 11.8 Å². The average Bonchev–Trinajstić information content (AvgIpc) is 2.62. The van der Waals surface area contributed by atoms with Crippen LogP contribution in [0.2, 0.25) is 0 Å². The van der Waals surface area contributed by atoms with Gasteiger partial charge in [-0.05, 0) is 65.9 Å². The third-order valence-electron chi connectivity index (χ3n) is 5.57. The van der Waals surface area contributed by atoms with Crippen LogP contribution in [0, 0.1) is 17.3 Å². The van der Waals surface area contributed by atoms with Crippen LogP contribution in [0.4, 0.5) is 0 Å². The van der Waals surface area contributed by atoms with Crippen molar-refractivity contribution < 1.29 is 0 Å². The first-order valence-corrected chi connectivity index (χ1v) is 9.01. The lowest BCUT2D eigenvalue weighted by Gasteiger charge is -2.45. The molecule has 0 N–H and O–H groups in total. The van der Waals surface area contributed by atoms with Crippen LogP contribution < -0.4 is 0 Å². The fourth-order valence-electron chi connectivity index (χ4n) is 5.10. The normalized spacial score (nSPS) is 41.4. The Bertz CT molecular complexity index is 436. The minimum Gasteiger partial charge on any atom is -0.165 e. The van der Waals surface area contributed by atoms with Gasteiger partial charge in [0.1, 0.15) is 0 Å². The lowest BCUT2D eigenvalue weighted by Crippen LogP contribution is -2.38. The van der Waals surface area contributed by atoms with Crippen molar-refractivity contribution in [1.82, 2.24) is 0 Å². The molecule has 3 rings (SSSR count). The first-order chi connectivity index (χ1) is 9.07. The van der Waals surface area contributed by atoms with Gasteiger partial charge < -0.3 is 0 Å². The van der Waals surface area contributed by atoms with Crippen molar-refractivity contribution in [3.05, 3.63) is 35.9 Å². The van der Waals surface area contributed by atoms with Gasteiger partial charge in [0.2, 0.25) is 0 Å². The molecule has 2 saturated carbocycles. The lowest BCUT2D eigenvalue weighted by molar-refractivity contribution is 0.146. The Hall–Kier alpha value is -0.430. The summed E-state index contributed by atoms with van der Waals surface area (Å²) in [5.74, 6) is 3.18. The van der Waals surface area contributed by atoms with Gasteiger partial charge >= 0.3 is 0 Å². The summed E-state index contributed by atoms with van der Waals surface area (Å²) in [5.41, 5.74) is 2.63. The standard InChI is InChI=1S/C18H26S/c1-14-9-18(16-7-5-4-6-8-16)11-15(14)10-17(2,12-18)13-19-3/h4-8,14-15H,9-13H2,1-3H3. The molecule has 0 nitrogen and oxygen atoms in total. The molecule has 2 aliphatic carbocycles. The summed E-state index contributed by atoms with van der Waals surface area (Å²) in [5, 5.41) is 0. The molecule has 2 bridgehead atoms. The monoisotopic (exact) mass is 274 g/mol. The summed E-state index contributed by atoms with van der Waals surface area (Å²) >= 11 is 2.03. The number of rotatable bonds is 3. The summed E-state index contributed by atoms with van der Waals surface area (Å²) in [6, 6.07) is 11.4. The van der Waals surface area contributed by atoms with Gasteiger partial charge in [-0.3, -0.25) is 0 Å². The Morgan fingerprint density at radius 3 is 2.58 bits per heavy atom. The van der Waals surface area contributed by atoms with E-state index in [4.69, 9.17) is 0 Å². The van der Waals surface area contributed by atoms with E-state index in [0.717, 1.165) is 11.8 Å². The molecule has 4 atom stereocenters. The molecule has 0 spiro atoms. The Kier molecular flexibility index (Phi) is 3.45. The average molecular weight is 274 g/mol. The van der Waals surface area contributed by atoms with Crippen molar-refractivity contribution in [3.8, 4) is 0 Å². The number of benzene rings is 1. The number of hydrogen-bond acceptors (Lipinski definition) is 1. The predicted octanol–water partition coefficient (Wildman–Crippen LogP) is 5.13. The molecule has 0 aliphatic heterocycles. The van der Waals surface area contributed by atoms with Crippen molar-refractivity contribution in [2.45, 2.75) is 44.9 Å². The second-order valence-electron chi connectivity index (χ2n) is 7.42. The molecule has 4 unspecified atom stereocenters. The van der Waals surface area contributed by atoms with Crippen molar-refractivity contribution >= 4 is 11.8 Å². The second kappa shape index (κ2) is 4.84. The minimum absolute atomic E-state index is 0.480. The van der Waals surface area contributed by atoms with Crippen LogP contribution in [0.1, 0.15) is 45.1 Å². The van der Waals surface area contributed by atoms with Crippen LogP contribution in [0.25, 0.3) is 0 Å². The Labute approximate surface area is 122 Å². The van der Waals surface area contributed by atoms with Crippen LogP contribution in [0.3, 0.4) is 0 Å². The van der Waals surface area contributed by atoms with E-state index < -0.39 is 0 Å². The van der Waals surface area contributed by atoms with E-state index in [1.807, 2.05) is 11.8 Å². The van der Waals surface area contributed by atoms with Gasteiger partial charge in [0, 0.05) is 0 Å². The molecule has 0 aromatic heterocycles. The summed E-state index contributed by atoms with van der Waals surface area (Å²) in [4.78, 5) is 0. The molecule has 2 fully saturated rings. The highest BCUT2D eigenvalue weighted by molar-refractivity contribution is 7.98. The van der Waals surface area contributed by atoms with E-state index in [1.165, 1.54) is 31.4 Å². The first kappa shape index (κ1) is 13.5. The molecule has 2 aliphatic rings. The molecule has 1 heteroatoms. The number of fused-ring (bicyclic) bond motifs is 2. The smallest absolute Gasteiger partial charge is 0.00158 e. The number of hydrogen-bond donors (Lipinski definition) is 0. The highest BCUT2D eigenvalue weighted by Gasteiger charge is 2.53. The summed E-state index contributed by atoms with van der Waals surface area (Å²) in [7, 11) is 0. The second-order valence-corrected chi connectivity index (χ2v) is 8.28.